The van der Waals surface area contributed by atoms with Gasteiger partial charge in [-0.05, 0) is 44.6 Å². The molecule has 0 aromatic heterocycles. The van der Waals surface area contributed by atoms with E-state index in [-0.39, 0.29) is 0 Å². The number of hydrogen-bond donors (Lipinski definition) is 1. The Kier molecular flexibility index (Phi) is 7.02. The van der Waals surface area contributed by atoms with Crippen molar-refractivity contribution in [2.24, 2.45) is 0 Å². The lowest BCUT2D eigenvalue weighted by atomic mass is 10.0. The van der Waals surface area contributed by atoms with Gasteiger partial charge in [0.1, 0.15) is 6.04 Å². The normalized spacial score (nSPS) is 12.2. The quantitative estimate of drug-likeness (QED) is 0.759. The second-order valence-corrected chi connectivity index (χ2v) is 4.53. The molecule has 0 saturated heterocycles. The van der Waals surface area contributed by atoms with Crippen molar-refractivity contribution in [2.75, 3.05) is 26.3 Å². The summed E-state index contributed by atoms with van der Waals surface area (Å²) in [6.07, 6.45) is 0. The van der Waals surface area contributed by atoms with E-state index in [0.29, 0.717) is 43.4 Å². The second-order valence-electron chi connectivity index (χ2n) is 4.53. The summed E-state index contributed by atoms with van der Waals surface area (Å²) in [7, 11) is 0. The van der Waals surface area contributed by atoms with Crippen LogP contribution in [-0.4, -0.2) is 42.3 Å². The van der Waals surface area contributed by atoms with E-state index in [0.717, 1.165) is 0 Å². The largest absolute Gasteiger partial charge is 0.490 e. The average Bonchev–Trinajstić information content (AvgIpc) is 2.46. The minimum Gasteiger partial charge on any atom is -0.490 e. The number of ether oxygens (including phenoxy) is 2. The number of hydrogen-bond acceptors (Lipinski definition) is 4. The highest BCUT2D eigenvalue weighted by Crippen LogP contribution is 2.32. The molecule has 0 heterocycles. The zero-order valence-electron chi connectivity index (χ0n) is 13.3. The monoisotopic (exact) mass is 295 g/mol. The van der Waals surface area contributed by atoms with E-state index in [2.05, 4.69) is 0 Å². The Morgan fingerprint density at radius 2 is 1.67 bits per heavy atom. The number of benzene rings is 1. The van der Waals surface area contributed by atoms with Crippen molar-refractivity contribution in [2.45, 2.75) is 33.7 Å². The smallest absolute Gasteiger partial charge is 0.325 e. The fraction of sp³-hybridized carbons (Fsp3) is 0.562. The molecule has 0 aliphatic carbocycles. The van der Waals surface area contributed by atoms with E-state index >= 15 is 0 Å². The zero-order valence-corrected chi connectivity index (χ0v) is 13.3. The van der Waals surface area contributed by atoms with Crippen molar-refractivity contribution in [1.82, 2.24) is 4.90 Å². The third-order valence-electron chi connectivity index (χ3n) is 3.29. The Hall–Kier alpha value is -1.75. The van der Waals surface area contributed by atoms with Crippen LogP contribution in [-0.2, 0) is 4.79 Å². The molecule has 21 heavy (non-hydrogen) atoms. The predicted octanol–water partition coefficient (Wildman–Crippen LogP) is 2.95. The predicted molar refractivity (Wildman–Crippen MR) is 82.1 cm³/mol. The molecule has 0 aliphatic rings. The van der Waals surface area contributed by atoms with E-state index in [1.165, 1.54) is 0 Å². The van der Waals surface area contributed by atoms with Gasteiger partial charge >= 0.3 is 5.97 Å². The van der Waals surface area contributed by atoms with Gasteiger partial charge in [0.2, 0.25) is 0 Å². The summed E-state index contributed by atoms with van der Waals surface area (Å²) in [5.41, 5.74) is 0.707. The summed E-state index contributed by atoms with van der Waals surface area (Å²) >= 11 is 0. The van der Waals surface area contributed by atoms with Gasteiger partial charge in [-0.3, -0.25) is 9.69 Å². The van der Waals surface area contributed by atoms with Crippen molar-refractivity contribution >= 4 is 5.97 Å². The van der Waals surface area contributed by atoms with Gasteiger partial charge in [0.25, 0.3) is 0 Å². The number of carbonyl (C=O) groups is 1. The Labute approximate surface area is 126 Å². The SMILES string of the molecule is CCOc1ccc(C(C(=O)O)N(CC)CC)cc1OCC. The maximum atomic E-state index is 11.6. The summed E-state index contributed by atoms with van der Waals surface area (Å²) in [6, 6.07) is 4.68. The Morgan fingerprint density at radius 1 is 1.10 bits per heavy atom. The van der Waals surface area contributed by atoms with E-state index in [1.807, 2.05) is 32.6 Å². The van der Waals surface area contributed by atoms with Gasteiger partial charge in [0.05, 0.1) is 13.2 Å². The molecule has 5 heteroatoms. The zero-order chi connectivity index (χ0) is 15.8. The van der Waals surface area contributed by atoms with Crippen LogP contribution in [0.3, 0.4) is 0 Å². The minimum absolute atomic E-state index is 0.506. The number of likely N-dealkylation sites (N-methyl/N-ethyl adjacent to an activating group) is 1. The first kappa shape index (κ1) is 17.3. The molecule has 1 unspecified atom stereocenters. The fourth-order valence-corrected chi connectivity index (χ4v) is 2.34. The van der Waals surface area contributed by atoms with Crippen LogP contribution in [0, 0.1) is 0 Å². The van der Waals surface area contributed by atoms with E-state index in [1.54, 1.807) is 18.2 Å². The summed E-state index contributed by atoms with van der Waals surface area (Å²) in [5, 5.41) is 9.54. The topological polar surface area (TPSA) is 59.0 Å². The first-order chi connectivity index (χ1) is 10.1. The van der Waals surface area contributed by atoms with Crippen molar-refractivity contribution in [3.05, 3.63) is 23.8 Å². The van der Waals surface area contributed by atoms with Crippen LogP contribution in [0.5, 0.6) is 11.5 Å². The average molecular weight is 295 g/mol. The van der Waals surface area contributed by atoms with Gasteiger partial charge in [-0.2, -0.15) is 0 Å². The van der Waals surface area contributed by atoms with Crippen LogP contribution in [0.4, 0.5) is 0 Å². The summed E-state index contributed by atoms with van der Waals surface area (Å²) in [6.45, 7) is 10.1. The van der Waals surface area contributed by atoms with Gasteiger partial charge in [-0.25, -0.2) is 0 Å². The molecule has 0 bridgehead atoms. The molecule has 1 aromatic rings. The number of nitrogens with zero attached hydrogens (tertiary/aromatic N) is 1. The van der Waals surface area contributed by atoms with Crippen LogP contribution in [0.25, 0.3) is 0 Å². The Bertz CT molecular complexity index is 458. The Morgan fingerprint density at radius 3 is 2.14 bits per heavy atom. The van der Waals surface area contributed by atoms with Gasteiger partial charge in [-0.15, -0.1) is 0 Å². The molecule has 0 radical (unpaired) electrons. The van der Waals surface area contributed by atoms with Crippen LogP contribution < -0.4 is 9.47 Å². The molecular weight excluding hydrogens is 270 g/mol. The first-order valence-corrected chi connectivity index (χ1v) is 7.45. The molecule has 0 aliphatic heterocycles. The van der Waals surface area contributed by atoms with Crippen LogP contribution >= 0.6 is 0 Å². The minimum atomic E-state index is -0.856. The molecule has 0 amide bonds. The summed E-state index contributed by atoms with van der Waals surface area (Å²) < 4.78 is 11.1. The maximum absolute atomic E-state index is 11.6. The van der Waals surface area contributed by atoms with Crippen LogP contribution in [0.15, 0.2) is 18.2 Å². The highest BCUT2D eigenvalue weighted by atomic mass is 16.5. The van der Waals surface area contributed by atoms with Crippen LogP contribution in [0.1, 0.15) is 39.3 Å². The van der Waals surface area contributed by atoms with E-state index < -0.39 is 12.0 Å². The molecule has 1 aromatic carbocycles. The van der Waals surface area contributed by atoms with Crippen molar-refractivity contribution in [3.8, 4) is 11.5 Å². The number of aliphatic carboxylic acids is 1. The first-order valence-electron chi connectivity index (χ1n) is 7.45. The van der Waals surface area contributed by atoms with Gasteiger partial charge < -0.3 is 14.6 Å². The van der Waals surface area contributed by atoms with Crippen molar-refractivity contribution in [3.63, 3.8) is 0 Å². The molecular formula is C16H25NO4. The molecule has 5 nitrogen and oxygen atoms in total. The number of rotatable bonds is 9. The molecule has 0 spiro atoms. The molecule has 0 fully saturated rings. The molecule has 1 atom stereocenters. The summed E-state index contributed by atoms with van der Waals surface area (Å²) in [5.74, 6) is 0.382. The molecule has 1 N–H and O–H groups in total. The molecule has 118 valence electrons. The van der Waals surface area contributed by atoms with Crippen molar-refractivity contribution in [1.29, 1.82) is 0 Å². The van der Waals surface area contributed by atoms with Gasteiger partial charge in [-0.1, -0.05) is 19.9 Å². The maximum Gasteiger partial charge on any atom is 0.325 e. The van der Waals surface area contributed by atoms with Gasteiger partial charge in [0.15, 0.2) is 11.5 Å². The molecule has 1 rings (SSSR count). The Balaban J connectivity index is 3.19. The lowest BCUT2D eigenvalue weighted by Gasteiger charge is -2.27. The van der Waals surface area contributed by atoms with E-state index in [9.17, 15) is 9.90 Å². The lowest BCUT2D eigenvalue weighted by Crippen LogP contribution is -2.33. The standard InChI is InChI=1S/C16H25NO4/c1-5-17(6-2)15(16(18)19)12-9-10-13(20-7-3)14(11-12)21-8-4/h9-11,15H,5-8H2,1-4H3,(H,18,19). The third kappa shape index (κ3) is 4.36. The van der Waals surface area contributed by atoms with Crippen LogP contribution in [0.2, 0.25) is 0 Å². The third-order valence-corrected chi connectivity index (χ3v) is 3.29. The fourth-order valence-electron chi connectivity index (χ4n) is 2.34. The second kappa shape index (κ2) is 8.52. The van der Waals surface area contributed by atoms with Crippen molar-refractivity contribution < 1.29 is 19.4 Å². The van der Waals surface area contributed by atoms with E-state index in [4.69, 9.17) is 9.47 Å². The number of carboxylic acid groups (broad SMARTS) is 1. The molecule has 0 saturated carbocycles. The highest BCUT2D eigenvalue weighted by molar-refractivity contribution is 5.76. The highest BCUT2D eigenvalue weighted by Gasteiger charge is 2.26. The number of carboxylic acids is 1. The summed E-state index contributed by atoms with van der Waals surface area (Å²) in [4.78, 5) is 13.5. The lowest BCUT2D eigenvalue weighted by molar-refractivity contribution is -0.143. The van der Waals surface area contributed by atoms with Gasteiger partial charge in [0, 0.05) is 0 Å².